The Bertz CT molecular complexity index is 885. The Morgan fingerprint density at radius 2 is 1.92 bits per heavy atom. The van der Waals surface area contributed by atoms with Crippen molar-refractivity contribution in [2.75, 3.05) is 13.1 Å². The van der Waals surface area contributed by atoms with Crippen LogP contribution in [0.5, 0.6) is 0 Å². The van der Waals surface area contributed by atoms with E-state index in [2.05, 4.69) is 22.3 Å². The van der Waals surface area contributed by atoms with E-state index in [4.69, 9.17) is 5.11 Å². The molecule has 1 aliphatic rings. The number of aromatic nitrogens is 2. The molecule has 0 saturated carbocycles. The van der Waals surface area contributed by atoms with Gasteiger partial charge < -0.3 is 10.0 Å². The Morgan fingerprint density at radius 1 is 1.16 bits per heavy atom. The fourth-order valence-electron chi connectivity index (χ4n) is 3.57. The number of likely N-dealkylation sites (tertiary alicyclic amines) is 1. The van der Waals surface area contributed by atoms with Gasteiger partial charge in [0.05, 0.1) is 12.1 Å². The van der Waals surface area contributed by atoms with Gasteiger partial charge in [-0.25, -0.2) is 0 Å². The predicted molar refractivity (Wildman–Crippen MR) is 96.2 cm³/mol. The SMILES string of the molecule is O=C(c1n[nH]c2ccccc12)N1CC[C@@H](Cc2ccc(CO)cc2)C1. The molecule has 0 radical (unpaired) electrons. The van der Waals surface area contributed by atoms with Crippen molar-refractivity contribution >= 4 is 16.8 Å². The van der Waals surface area contributed by atoms with Crippen molar-refractivity contribution in [3.05, 3.63) is 65.4 Å². The largest absolute Gasteiger partial charge is 0.392 e. The number of aromatic amines is 1. The lowest BCUT2D eigenvalue weighted by Gasteiger charge is -2.15. The number of amides is 1. The van der Waals surface area contributed by atoms with E-state index in [0.717, 1.165) is 42.4 Å². The summed E-state index contributed by atoms with van der Waals surface area (Å²) in [5, 5.41) is 17.2. The number of hydrogen-bond donors (Lipinski definition) is 2. The normalized spacial score (nSPS) is 17.3. The third-order valence-corrected chi connectivity index (χ3v) is 4.98. The van der Waals surface area contributed by atoms with Crippen LogP contribution >= 0.6 is 0 Å². The van der Waals surface area contributed by atoms with Crippen molar-refractivity contribution in [2.24, 2.45) is 5.92 Å². The zero-order valence-corrected chi connectivity index (χ0v) is 14.0. The number of aliphatic hydroxyl groups is 1. The van der Waals surface area contributed by atoms with E-state index in [-0.39, 0.29) is 12.5 Å². The van der Waals surface area contributed by atoms with E-state index >= 15 is 0 Å². The average Bonchev–Trinajstić information content (AvgIpc) is 3.29. The minimum atomic E-state index is 0.00979. The lowest BCUT2D eigenvalue weighted by molar-refractivity contribution is 0.0783. The number of aliphatic hydroxyl groups excluding tert-OH is 1. The van der Waals surface area contributed by atoms with Crippen LogP contribution in [0.25, 0.3) is 10.9 Å². The molecule has 1 fully saturated rings. The number of nitrogens with one attached hydrogen (secondary N) is 1. The van der Waals surface area contributed by atoms with Crippen LogP contribution in [0.15, 0.2) is 48.5 Å². The summed E-state index contributed by atoms with van der Waals surface area (Å²) >= 11 is 0. The molecular formula is C20H21N3O2. The van der Waals surface area contributed by atoms with E-state index in [1.54, 1.807) is 0 Å². The van der Waals surface area contributed by atoms with E-state index in [1.165, 1.54) is 5.56 Å². The maximum atomic E-state index is 12.8. The molecule has 0 aliphatic carbocycles. The number of para-hydroxylation sites is 1. The van der Waals surface area contributed by atoms with Crippen LogP contribution in [0.2, 0.25) is 0 Å². The van der Waals surface area contributed by atoms with E-state index in [0.29, 0.717) is 11.6 Å². The fourth-order valence-corrected chi connectivity index (χ4v) is 3.57. The first-order valence-corrected chi connectivity index (χ1v) is 8.65. The highest BCUT2D eigenvalue weighted by molar-refractivity contribution is 6.04. The molecule has 0 bridgehead atoms. The maximum absolute atomic E-state index is 12.8. The Hall–Kier alpha value is -2.66. The summed E-state index contributed by atoms with van der Waals surface area (Å²) in [6, 6.07) is 15.8. The summed E-state index contributed by atoms with van der Waals surface area (Å²) in [7, 11) is 0. The summed E-state index contributed by atoms with van der Waals surface area (Å²) in [4.78, 5) is 14.7. The minimum absolute atomic E-state index is 0.00979. The van der Waals surface area contributed by atoms with Crippen LogP contribution < -0.4 is 0 Å². The molecule has 1 saturated heterocycles. The van der Waals surface area contributed by atoms with Crippen LogP contribution in [0.1, 0.15) is 28.0 Å². The average molecular weight is 335 g/mol. The van der Waals surface area contributed by atoms with Crippen molar-refractivity contribution in [1.29, 1.82) is 0 Å². The molecular weight excluding hydrogens is 314 g/mol. The van der Waals surface area contributed by atoms with E-state index in [9.17, 15) is 4.79 Å². The third kappa shape index (κ3) is 3.15. The first-order chi connectivity index (χ1) is 12.2. The van der Waals surface area contributed by atoms with Gasteiger partial charge in [-0.3, -0.25) is 9.89 Å². The van der Waals surface area contributed by atoms with Crippen molar-refractivity contribution in [3.63, 3.8) is 0 Å². The van der Waals surface area contributed by atoms with Crippen LogP contribution in [0.4, 0.5) is 0 Å². The van der Waals surface area contributed by atoms with Gasteiger partial charge in [0, 0.05) is 18.5 Å². The lowest BCUT2D eigenvalue weighted by atomic mass is 9.98. The second-order valence-corrected chi connectivity index (χ2v) is 6.70. The number of carbonyl (C=O) groups is 1. The summed E-state index contributed by atoms with van der Waals surface area (Å²) < 4.78 is 0. The van der Waals surface area contributed by atoms with Crippen molar-refractivity contribution in [2.45, 2.75) is 19.4 Å². The molecule has 2 N–H and O–H groups in total. The van der Waals surface area contributed by atoms with Gasteiger partial charge in [0.15, 0.2) is 5.69 Å². The molecule has 1 aliphatic heterocycles. The van der Waals surface area contributed by atoms with Gasteiger partial charge in [-0.2, -0.15) is 5.10 Å². The highest BCUT2D eigenvalue weighted by Gasteiger charge is 2.29. The monoisotopic (exact) mass is 335 g/mol. The first kappa shape index (κ1) is 15.8. The molecule has 3 aromatic rings. The highest BCUT2D eigenvalue weighted by atomic mass is 16.3. The Morgan fingerprint density at radius 3 is 2.72 bits per heavy atom. The van der Waals surface area contributed by atoms with Gasteiger partial charge >= 0.3 is 0 Å². The number of rotatable bonds is 4. The predicted octanol–water partition coefficient (Wildman–Crippen LogP) is 2.76. The van der Waals surface area contributed by atoms with Crippen molar-refractivity contribution < 1.29 is 9.90 Å². The van der Waals surface area contributed by atoms with E-state index in [1.807, 2.05) is 41.3 Å². The molecule has 1 aromatic heterocycles. The summed E-state index contributed by atoms with van der Waals surface area (Å²) in [5.41, 5.74) is 3.59. The maximum Gasteiger partial charge on any atom is 0.275 e. The Labute approximate surface area is 146 Å². The van der Waals surface area contributed by atoms with Gasteiger partial charge in [-0.1, -0.05) is 42.5 Å². The summed E-state index contributed by atoms with van der Waals surface area (Å²) in [5.74, 6) is 0.477. The number of fused-ring (bicyclic) bond motifs is 1. The number of hydrogen-bond acceptors (Lipinski definition) is 3. The second kappa shape index (κ2) is 6.69. The Kier molecular flexibility index (Phi) is 4.24. The van der Waals surface area contributed by atoms with E-state index < -0.39 is 0 Å². The fraction of sp³-hybridized carbons (Fsp3) is 0.300. The van der Waals surface area contributed by atoms with Gasteiger partial charge in [0.25, 0.3) is 5.91 Å². The molecule has 0 unspecified atom stereocenters. The molecule has 4 rings (SSSR count). The zero-order valence-electron chi connectivity index (χ0n) is 14.0. The van der Waals surface area contributed by atoms with Crippen LogP contribution in [-0.2, 0) is 13.0 Å². The quantitative estimate of drug-likeness (QED) is 0.770. The van der Waals surface area contributed by atoms with Gasteiger partial charge in [0.1, 0.15) is 0 Å². The molecule has 2 heterocycles. The number of nitrogens with zero attached hydrogens (tertiary/aromatic N) is 2. The Balaban J connectivity index is 1.43. The first-order valence-electron chi connectivity index (χ1n) is 8.65. The molecule has 128 valence electrons. The molecule has 5 nitrogen and oxygen atoms in total. The number of carbonyl (C=O) groups excluding carboxylic acids is 1. The molecule has 5 heteroatoms. The summed E-state index contributed by atoms with van der Waals surface area (Å²) in [6.07, 6.45) is 1.96. The molecule has 1 atom stereocenters. The molecule has 25 heavy (non-hydrogen) atoms. The van der Waals surface area contributed by atoms with Crippen LogP contribution in [-0.4, -0.2) is 39.2 Å². The van der Waals surface area contributed by atoms with Crippen molar-refractivity contribution in [3.8, 4) is 0 Å². The second-order valence-electron chi connectivity index (χ2n) is 6.70. The lowest BCUT2D eigenvalue weighted by Crippen LogP contribution is -2.29. The zero-order chi connectivity index (χ0) is 17.2. The van der Waals surface area contributed by atoms with Crippen molar-refractivity contribution in [1.82, 2.24) is 15.1 Å². The standard InChI is InChI=1S/C20H21N3O2/c24-13-15-7-5-14(6-8-15)11-16-9-10-23(12-16)20(25)19-17-3-1-2-4-18(17)21-22-19/h1-8,16,24H,9-13H2,(H,21,22)/t16-/m0/s1. The van der Waals surface area contributed by atoms with Crippen LogP contribution in [0, 0.1) is 5.92 Å². The van der Waals surface area contributed by atoms with Gasteiger partial charge in [-0.15, -0.1) is 0 Å². The third-order valence-electron chi connectivity index (χ3n) is 4.98. The topological polar surface area (TPSA) is 69.2 Å². The summed E-state index contributed by atoms with van der Waals surface area (Å²) in [6.45, 7) is 1.62. The van der Waals surface area contributed by atoms with Gasteiger partial charge in [0.2, 0.25) is 0 Å². The number of benzene rings is 2. The highest BCUT2D eigenvalue weighted by Crippen LogP contribution is 2.24. The van der Waals surface area contributed by atoms with Gasteiger partial charge in [-0.05, 0) is 36.0 Å². The molecule has 1 amide bonds. The smallest absolute Gasteiger partial charge is 0.275 e. The molecule has 0 spiro atoms. The minimum Gasteiger partial charge on any atom is -0.392 e. The van der Waals surface area contributed by atoms with Crippen LogP contribution in [0.3, 0.4) is 0 Å². The molecule has 2 aromatic carbocycles. The number of H-pyrrole nitrogens is 1.